The van der Waals surface area contributed by atoms with Crippen molar-refractivity contribution in [1.82, 2.24) is 18.9 Å². The van der Waals surface area contributed by atoms with Crippen molar-refractivity contribution in [2.75, 3.05) is 12.4 Å². The third-order valence-corrected chi connectivity index (χ3v) is 10.9. The van der Waals surface area contributed by atoms with Crippen molar-refractivity contribution in [2.45, 2.75) is 43.5 Å². The summed E-state index contributed by atoms with van der Waals surface area (Å²) >= 11 is 0. The van der Waals surface area contributed by atoms with Gasteiger partial charge in [-0.25, -0.2) is 36.1 Å². The summed E-state index contributed by atoms with van der Waals surface area (Å²) in [5.41, 5.74) is 2.15. The monoisotopic (exact) mass is 643 g/mol. The second kappa shape index (κ2) is 11.6. The molecule has 1 N–H and O–H groups in total. The van der Waals surface area contributed by atoms with Gasteiger partial charge in [0.05, 0.1) is 29.8 Å². The first-order valence-corrected chi connectivity index (χ1v) is 16.5. The largest absolute Gasteiger partial charge is 0.469 e. The van der Waals surface area contributed by atoms with E-state index in [-0.39, 0.29) is 57.1 Å². The summed E-state index contributed by atoms with van der Waals surface area (Å²) in [5.74, 6) is -0.796. The molecule has 3 heterocycles. The maximum Gasteiger partial charge on any atom is 0.311 e. The second-order valence-corrected chi connectivity index (χ2v) is 13.9. The average Bonchev–Trinajstić information content (AvgIpc) is 3.45. The average molecular weight is 644 g/mol. The number of carbonyl (C=O) groups is 1. The van der Waals surface area contributed by atoms with Gasteiger partial charge in [0.15, 0.2) is 11.5 Å². The predicted molar refractivity (Wildman–Crippen MR) is 168 cm³/mol. The van der Waals surface area contributed by atoms with Crippen LogP contribution in [-0.2, 0) is 19.6 Å². The number of aryl methyl sites for hydroxylation is 1. The number of nitrogens with one attached hydrogen (secondary N) is 1. The number of fused-ring (bicyclic) bond motifs is 4. The van der Waals surface area contributed by atoms with Gasteiger partial charge in [-0.2, -0.15) is 0 Å². The Hall–Kier alpha value is -4.71. The van der Waals surface area contributed by atoms with Gasteiger partial charge >= 0.3 is 5.97 Å². The lowest BCUT2D eigenvalue weighted by Crippen LogP contribution is -2.51. The highest BCUT2D eigenvalue weighted by Crippen LogP contribution is 2.47. The van der Waals surface area contributed by atoms with Crippen LogP contribution in [0.5, 0.6) is 0 Å². The molecule has 3 aliphatic rings. The molecule has 3 aliphatic carbocycles. The molecule has 2 unspecified atom stereocenters. The van der Waals surface area contributed by atoms with Crippen LogP contribution in [0.25, 0.3) is 33.7 Å². The van der Waals surface area contributed by atoms with Crippen molar-refractivity contribution in [3.8, 4) is 22.6 Å². The van der Waals surface area contributed by atoms with Gasteiger partial charge < -0.3 is 10.1 Å². The molecule has 2 aromatic carbocycles. The summed E-state index contributed by atoms with van der Waals surface area (Å²) in [6.45, 7) is 1.85. The Labute approximate surface area is 264 Å². The van der Waals surface area contributed by atoms with Crippen molar-refractivity contribution in [3.05, 3.63) is 90.3 Å². The van der Waals surface area contributed by atoms with Crippen LogP contribution in [0.2, 0.25) is 0 Å². The third-order valence-electron chi connectivity index (χ3n) is 9.27. The highest BCUT2D eigenvalue weighted by Gasteiger charge is 2.48. The number of rotatable bonds is 7. The Balaban J connectivity index is 1.39. The molecule has 3 aromatic heterocycles. The highest BCUT2D eigenvalue weighted by molar-refractivity contribution is 7.90. The number of nitrogens with zero attached hydrogens (tertiary/aromatic N) is 4. The van der Waals surface area contributed by atoms with Crippen LogP contribution in [-0.4, -0.2) is 46.5 Å². The fourth-order valence-electron chi connectivity index (χ4n) is 6.95. The van der Waals surface area contributed by atoms with E-state index in [0.29, 0.717) is 17.1 Å². The van der Waals surface area contributed by atoms with E-state index in [1.54, 1.807) is 30.3 Å². The molecular weight excluding hydrogens is 612 g/mol. The Morgan fingerprint density at radius 2 is 1.63 bits per heavy atom. The fourth-order valence-corrected chi connectivity index (χ4v) is 8.28. The van der Waals surface area contributed by atoms with Gasteiger partial charge in [0.25, 0.3) is 10.0 Å². The van der Waals surface area contributed by atoms with Crippen LogP contribution < -0.4 is 5.32 Å². The van der Waals surface area contributed by atoms with Gasteiger partial charge in [-0.15, -0.1) is 0 Å². The number of hydrogen-bond acceptors (Lipinski definition) is 8. The molecule has 2 atom stereocenters. The van der Waals surface area contributed by atoms with Crippen molar-refractivity contribution >= 4 is 32.8 Å². The molecule has 9 nitrogen and oxygen atoms in total. The number of ether oxygens (including phenoxy) is 1. The van der Waals surface area contributed by atoms with Crippen LogP contribution in [0.1, 0.15) is 31.2 Å². The summed E-state index contributed by atoms with van der Waals surface area (Å²) < 4.78 is 62.4. The number of carbonyl (C=O) groups excluding carboxylic acids is 1. The van der Waals surface area contributed by atoms with E-state index in [1.807, 2.05) is 6.92 Å². The Bertz CT molecular complexity index is 2060. The van der Waals surface area contributed by atoms with Crippen LogP contribution in [0, 0.1) is 36.3 Å². The van der Waals surface area contributed by atoms with Crippen molar-refractivity contribution in [3.63, 3.8) is 0 Å². The normalized spacial score (nSPS) is 21.0. The van der Waals surface area contributed by atoms with Gasteiger partial charge in [-0.05, 0) is 86.9 Å². The van der Waals surface area contributed by atoms with Crippen LogP contribution in [0.15, 0.2) is 78.0 Å². The Morgan fingerprint density at radius 1 is 0.935 bits per heavy atom. The first-order valence-electron chi connectivity index (χ1n) is 15.1. The zero-order valence-corrected chi connectivity index (χ0v) is 26.0. The molecule has 0 aliphatic heterocycles. The number of hydrogen-bond donors (Lipinski definition) is 1. The quantitative estimate of drug-likeness (QED) is 0.203. The summed E-state index contributed by atoms with van der Waals surface area (Å²) in [6.07, 6.45) is 6.14. The minimum atomic E-state index is -4.14. The second-order valence-electron chi connectivity index (χ2n) is 12.0. The predicted octanol–water partition coefficient (Wildman–Crippen LogP) is 6.37. The van der Waals surface area contributed by atoms with Crippen molar-refractivity contribution < 1.29 is 26.7 Å². The number of pyridine rings is 1. The smallest absolute Gasteiger partial charge is 0.311 e. The number of esters is 1. The zero-order valence-electron chi connectivity index (χ0n) is 25.2. The Kier molecular flexibility index (Phi) is 7.54. The van der Waals surface area contributed by atoms with Crippen LogP contribution >= 0.6 is 0 Å². The molecule has 5 aromatic rings. The van der Waals surface area contributed by atoms with Crippen LogP contribution in [0.4, 0.5) is 14.6 Å². The molecule has 8 rings (SSSR count). The van der Waals surface area contributed by atoms with Crippen LogP contribution in [0.3, 0.4) is 0 Å². The van der Waals surface area contributed by atoms with Gasteiger partial charge in [-0.3, -0.25) is 4.79 Å². The lowest BCUT2D eigenvalue weighted by molar-refractivity contribution is -0.152. The lowest BCUT2D eigenvalue weighted by atomic mass is 9.61. The third kappa shape index (κ3) is 5.30. The summed E-state index contributed by atoms with van der Waals surface area (Å²) in [7, 11) is -2.75. The highest BCUT2D eigenvalue weighted by atomic mass is 32.2. The van der Waals surface area contributed by atoms with E-state index < -0.39 is 21.7 Å². The Morgan fingerprint density at radius 3 is 2.33 bits per heavy atom. The number of anilines is 1. The molecule has 0 radical (unpaired) electrons. The van der Waals surface area contributed by atoms with Crippen molar-refractivity contribution in [1.29, 1.82) is 0 Å². The molecule has 0 saturated heterocycles. The molecule has 3 saturated carbocycles. The molecule has 2 bridgehead atoms. The summed E-state index contributed by atoms with van der Waals surface area (Å²) in [6, 6.07) is 14.9. The lowest BCUT2D eigenvalue weighted by Gasteiger charge is -2.47. The molecule has 236 valence electrons. The first kappa shape index (κ1) is 30.0. The minimum Gasteiger partial charge on any atom is -0.469 e. The van der Waals surface area contributed by atoms with Gasteiger partial charge in [0.2, 0.25) is 0 Å². The molecular formula is C34H31F2N5O4S. The SMILES string of the molecule is COC(=O)C1C2CCC(CC2)C1Nc1cc(-c2ccc(F)cc2)nc(-c2cn(S(=O)(=O)c3ccc(C)cc3)c3ncc(F)cc23)n1. The van der Waals surface area contributed by atoms with E-state index in [1.165, 1.54) is 43.6 Å². The zero-order chi connectivity index (χ0) is 32.2. The van der Waals surface area contributed by atoms with Crippen molar-refractivity contribution in [2.24, 2.45) is 17.8 Å². The number of benzene rings is 2. The van der Waals surface area contributed by atoms with Gasteiger partial charge in [-0.1, -0.05) is 17.7 Å². The van der Waals surface area contributed by atoms with E-state index in [0.717, 1.165) is 41.4 Å². The summed E-state index contributed by atoms with van der Waals surface area (Å²) in [4.78, 5) is 26.7. The molecule has 3 fully saturated rings. The fraction of sp³-hybridized carbons (Fsp3) is 0.294. The van der Waals surface area contributed by atoms with Gasteiger partial charge in [0.1, 0.15) is 17.5 Å². The van der Waals surface area contributed by atoms with E-state index in [4.69, 9.17) is 14.7 Å². The molecule has 12 heteroatoms. The molecule has 46 heavy (non-hydrogen) atoms. The topological polar surface area (TPSA) is 116 Å². The first-order chi connectivity index (χ1) is 22.1. The van der Waals surface area contributed by atoms with E-state index >= 15 is 0 Å². The van der Waals surface area contributed by atoms with E-state index in [2.05, 4.69) is 10.3 Å². The molecule has 0 spiro atoms. The standard InChI is InChI=1S/C34H31F2N5O4S/c1-19-3-13-25(14-4-19)46(43,44)41-18-27(26-15-24(36)17-37-33(26)41)32-38-28(20-9-11-23(35)12-10-20)16-29(40-32)39-31-22-7-5-21(6-8-22)30(31)34(42)45-2/h3-4,9-18,21-22,30-31H,5-8H2,1-2H3,(H,38,39,40). The maximum absolute atomic E-state index is 14.7. The number of methoxy groups -OCH3 is 1. The van der Waals surface area contributed by atoms with E-state index in [9.17, 15) is 22.0 Å². The number of aromatic nitrogens is 4. The molecule has 0 amide bonds. The minimum absolute atomic E-state index is 0.0117. The summed E-state index contributed by atoms with van der Waals surface area (Å²) in [5, 5.41) is 3.69. The maximum atomic E-state index is 14.7. The number of halogens is 2. The van der Waals surface area contributed by atoms with Gasteiger partial charge in [0, 0.05) is 34.8 Å².